The van der Waals surface area contributed by atoms with E-state index in [2.05, 4.69) is 0 Å². The Kier molecular flexibility index (Phi) is 3.45. The average molecular weight is 327 g/mol. The summed E-state index contributed by atoms with van der Waals surface area (Å²) >= 11 is 0. The van der Waals surface area contributed by atoms with E-state index in [4.69, 9.17) is 10.5 Å². The van der Waals surface area contributed by atoms with Crippen molar-refractivity contribution in [3.8, 4) is 5.75 Å². The van der Waals surface area contributed by atoms with Crippen molar-refractivity contribution in [2.24, 2.45) is 5.73 Å². The van der Waals surface area contributed by atoms with E-state index in [0.717, 1.165) is 29.2 Å². The van der Waals surface area contributed by atoms with Crippen LogP contribution in [-0.4, -0.2) is 29.7 Å². The largest absolute Gasteiger partial charge is 0.410 e. The summed E-state index contributed by atoms with van der Waals surface area (Å²) in [6.45, 7) is 0. The van der Waals surface area contributed by atoms with Crippen molar-refractivity contribution in [1.29, 1.82) is 0 Å². The summed E-state index contributed by atoms with van der Waals surface area (Å²) < 4.78 is 4.82. The van der Waals surface area contributed by atoms with Gasteiger partial charge in [0.05, 0.1) is 5.69 Å². The van der Waals surface area contributed by atoms with Crippen molar-refractivity contribution >= 4 is 41.1 Å². The van der Waals surface area contributed by atoms with Gasteiger partial charge in [0.2, 0.25) is 0 Å². The molecule has 1 aromatic carbocycles. The first-order chi connectivity index (χ1) is 11.4. The topological polar surface area (TPSA) is 127 Å². The van der Waals surface area contributed by atoms with Gasteiger partial charge in [-0.25, -0.2) is 14.6 Å². The van der Waals surface area contributed by atoms with Gasteiger partial charge in [-0.15, -0.1) is 0 Å². The van der Waals surface area contributed by atoms with Crippen LogP contribution in [0.15, 0.2) is 42.5 Å². The van der Waals surface area contributed by atoms with Crippen molar-refractivity contribution < 1.29 is 28.7 Å². The van der Waals surface area contributed by atoms with Gasteiger partial charge < -0.3 is 10.5 Å². The van der Waals surface area contributed by atoms with E-state index in [9.17, 15) is 24.0 Å². The second kappa shape index (κ2) is 5.47. The smallest absolute Gasteiger partial charge is 0.408 e. The molecule has 0 saturated carbocycles. The fraction of sp³-hybridized carbons (Fsp3) is 0. The molecule has 2 aliphatic rings. The Hall–Kier alpha value is -3.75. The second-order valence-corrected chi connectivity index (χ2v) is 4.74. The molecule has 0 saturated heterocycles. The Labute approximate surface area is 134 Å². The molecule has 0 spiro atoms. The molecule has 5 amide bonds. The number of imide groups is 2. The van der Waals surface area contributed by atoms with Crippen molar-refractivity contribution in [3.63, 3.8) is 0 Å². The molecule has 0 radical (unpaired) electrons. The lowest BCUT2D eigenvalue weighted by Gasteiger charge is -2.24. The number of rotatable bonds is 3. The van der Waals surface area contributed by atoms with Gasteiger partial charge in [0.15, 0.2) is 5.75 Å². The van der Waals surface area contributed by atoms with Crippen LogP contribution in [-0.2, 0) is 19.2 Å². The van der Waals surface area contributed by atoms with E-state index in [-0.39, 0.29) is 17.1 Å². The molecule has 3 rings (SSSR count). The highest BCUT2D eigenvalue weighted by Crippen LogP contribution is 2.40. The minimum atomic E-state index is -1.18. The molecule has 0 aliphatic carbocycles. The van der Waals surface area contributed by atoms with Gasteiger partial charge in [-0.3, -0.25) is 19.2 Å². The molecule has 24 heavy (non-hydrogen) atoms. The Bertz CT molecular complexity index is 834. The zero-order chi connectivity index (χ0) is 17.4. The van der Waals surface area contributed by atoms with Gasteiger partial charge in [0, 0.05) is 24.3 Å². The first-order valence-electron chi connectivity index (χ1n) is 6.62. The normalized spacial score (nSPS) is 16.5. The van der Waals surface area contributed by atoms with Crippen LogP contribution in [0.2, 0.25) is 0 Å². The quantitative estimate of drug-likeness (QED) is 0.779. The van der Waals surface area contributed by atoms with Gasteiger partial charge >= 0.3 is 6.09 Å². The number of hydrogen-bond donors (Lipinski definition) is 1. The molecule has 1 aromatic rings. The average Bonchev–Trinajstić information content (AvgIpc) is 3.01. The maximum Gasteiger partial charge on any atom is 0.410 e. The van der Waals surface area contributed by atoms with Crippen LogP contribution in [0.1, 0.15) is 0 Å². The lowest BCUT2D eigenvalue weighted by molar-refractivity contribution is -0.122. The summed E-state index contributed by atoms with van der Waals surface area (Å²) in [7, 11) is 0. The zero-order valence-corrected chi connectivity index (χ0v) is 12.0. The Morgan fingerprint density at radius 2 is 1.33 bits per heavy atom. The molecule has 120 valence electrons. The van der Waals surface area contributed by atoms with Gasteiger partial charge in [-0.05, 0) is 12.1 Å². The van der Waals surface area contributed by atoms with Crippen LogP contribution in [0.4, 0.5) is 16.2 Å². The molecule has 9 nitrogen and oxygen atoms in total. The predicted molar refractivity (Wildman–Crippen MR) is 79.9 cm³/mol. The summed E-state index contributed by atoms with van der Waals surface area (Å²) in [6.07, 6.45) is 2.93. The summed E-state index contributed by atoms with van der Waals surface area (Å²) in [5.41, 5.74) is 4.69. The summed E-state index contributed by atoms with van der Waals surface area (Å²) in [5, 5.41) is 0. The third-order valence-electron chi connectivity index (χ3n) is 3.27. The third kappa shape index (κ3) is 2.33. The fourth-order valence-corrected chi connectivity index (χ4v) is 2.36. The number of benzene rings is 1. The number of nitrogens with two attached hydrogens (primary N) is 1. The van der Waals surface area contributed by atoms with Crippen LogP contribution in [0.25, 0.3) is 0 Å². The Morgan fingerprint density at radius 3 is 1.83 bits per heavy atom. The van der Waals surface area contributed by atoms with Crippen molar-refractivity contribution in [2.75, 3.05) is 9.80 Å². The molecule has 0 aromatic heterocycles. The molecule has 2 N–H and O–H groups in total. The minimum absolute atomic E-state index is 0.0841. The van der Waals surface area contributed by atoms with Crippen LogP contribution in [0, 0.1) is 0 Å². The fourth-order valence-electron chi connectivity index (χ4n) is 2.36. The first kappa shape index (κ1) is 15.2. The SMILES string of the molecule is NC(=O)Oc1cccc(N2C(=O)C=CC2=O)c1N1C(=O)C=CC1=O. The van der Waals surface area contributed by atoms with Crippen LogP contribution < -0.4 is 20.3 Å². The van der Waals surface area contributed by atoms with Crippen LogP contribution in [0.3, 0.4) is 0 Å². The molecule has 0 unspecified atom stereocenters. The van der Waals surface area contributed by atoms with Crippen molar-refractivity contribution in [1.82, 2.24) is 0 Å². The van der Waals surface area contributed by atoms with Gasteiger partial charge in [0.25, 0.3) is 23.6 Å². The van der Waals surface area contributed by atoms with E-state index < -0.39 is 29.7 Å². The first-order valence-corrected chi connectivity index (χ1v) is 6.62. The highest BCUT2D eigenvalue weighted by molar-refractivity contribution is 6.33. The molecular formula is C15H9N3O6. The molecule has 2 heterocycles. The highest BCUT2D eigenvalue weighted by Gasteiger charge is 2.36. The molecule has 0 atom stereocenters. The van der Waals surface area contributed by atoms with E-state index in [1.165, 1.54) is 18.2 Å². The number of nitrogens with zero attached hydrogens (tertiary/aromatic N) is 2. The molecule has 0 bridgehead atoms. The summed E-state index contributed by atoms with van der Waals surface area (Å²) in [5.74, 6) is -2.99. The molecule has 9 heteroatoms. The number of hydrogen-bond acceptors (Lipinski definition) is 6. The van der Waals surface area contributed by atoms with E-state index >= 15 is 0 Å². The lowest BCUT2D eigenvalue weighted by Crippen LogP contribution is -2.36. The number of primary amides is 1. The summed E-state index contributed by atoms with van der Waals surface area (Å²) in [4.78, 5) is 60.4. The second-order valence-electron chi connectivity index (χ2n) is 4.74. The van der Waals surface area contributed by atoms with E-state index in [0.29, 0.717) is 4.90 Å². The number of amides is 5. The highest BCUT2D eigenvalue weighted by atomic mass is 16.5. The van der Waals surface area contributed by atoms with Crippen molar-refractivity contribution in [3.05, 3.63) is 42.5 Å². The standard InChI is InChI=1S/C15H9N3O6/c16-15(23)24-9-3-1-2-8(17-10(19)4-5-11(17)20)14(9)18-12(21)6-7-13(18)22/h1-7H,(H2,16,23). The number of carbonyl (C=O) groups is 5. The number of para-hydroxylation sites is 1. The van der Waals surface area contributed by atoms with Crippen LogP contribution in [0.5, 0.6) is 5.75 Å². The molecule has 2 aliphatic heterocycles. The Balaban J connectivity index is 2.21. The minimum Gasteiger partial charge on any atom is -0.408 e. The Morgan fingerprint density at radius 1 is 0.833 bits per heavy atom. The maximum absolute atomic E-state index is 12.0. The third-order valence-corrected chi connectivity index (χ3v) is 3.27. The molecular weight excluding hydrogens is 318 g/mol. The number of carbonyl (C=O) groups excluding carboxylic acids is 5. The monoisotopic (exact) mass is 327 g/mol. The zero-order valence-electron chi connectivity index (χ0n) is 12.0. The van der Waals surface area contributed by atoms with Gasteiger partial charge in [-0.2, -0.15) is 0 Å². The maximum atomic E-state index is 12.0. The summed E-state index contributed by atoms with van der Waals surface area (Å²) in [6, 6.07) is 4.00. The van der Waals surface area contributed by atoms with Crippen LogP contribution >= 0.6 is 0 Å². The van der Waals surface area contributed by atoms with E-state index in [1.54, 1.807) is 0 Å². The molecule has 0 fully saturated rings. The van der Waals surface area contributed by atoms with E-state index in [1.807, 2.05) is 0 Å². The lowest BCUT2D eigenvalue weighted by atomic mass is 10.2. The number of anilines is 2. The predicted octanol–water partition coefficient (Wildman–Crippen LogP) is 0.00290. The van der Waals surface area contributed by atoms with Gasteiger partial charge in [-0.1, -0.05) is 6.07 Å². The number of ether oxygens (including phenoxy) is 1. The van der Waals surface area contributed by atoms with Gasteiger partial charge in [0.1, 0.15) is 5.69 Å². The van der Waals surface area contributed by atoms with Crippen molar-refractivity contribution in [2.45, 2.75) is 0 Å².